The van der Waals surface area contributed by atoms with Gasteiger partial charge in [-0.05, 0) is 59.0 Å². The molecule has 18 heavy (non-hydrogen) atoms. The molecule has 2 aromatic rings. The van der Waals surface area contributed by atoms with E-state index < -0.39 is 0 Å². The minimum Gasteiger partial charge on any atom is -0.246 e. The molecule has 0 aliphatic rings. The molecule has 0 spiro atoms. The zero-order valence-electron chi connectivity index (χ0n) is 10.0. The number of rotatable bonds is 4. The number of aromatic nitrogens is 4. The van der Waals surface area contributed by atoms with Crippen molar-refractivity contribution < 1.29 is 0 Å². The van der Waals surface area contributed by atoms with Gasteiger partial charge in [-0.1, -0.05) is 0 Å². The molecule has 96 valence electrons. The molecule has 0 saturated carbocycles. The lowest BCUT2D eigenvalue weighted by Gasteiger charge is -2.00. The van der Waals surface area contributed by atoms with Gasteiger partial charge in [0.25, 0.3) is 0 Å². The summed E-state index contributed by atoms with van der Waals surface area (Å²) in [6.07, 6.45) is 3.58. The predicted octanol–water partition coefficient (Wildman–Crippen LogP) is 3.74. The van der Waals surface area contributed by atoms with Crippen LogP contribution in [-0.4, -0.2) is 19.6 Å². The Morgan fingerprint density at radius 2 is 1.33 bits per heavy atom. The maximum Gasteiger partial charge on any atom is 0.186 e. The molecule has 0 amide bonds. The highest BCUT2D eigenvalue weighted by molar-refractivity contribution is 14.1. The summed E-state index contributed by atoms with van der Waals surface area (Å²) in [5.74, 6) is 1.58. The minimum absolute atomic E-state index is 0.779. The summed E-state index contributed by atoms with van der Waals surface area (Å²) in [5.41, 5.74) is 0. The lowest BCUT2D eigenvalue weighted by molar-refractivity contribution is 0.649. The Bertz CT molecular complexity index is 521. The molecule has 0 radical (unpaired) electrons. The van der Waals surface area contributed by atoms with Gasteiger partial charge in [-0.3, -0.25) is 0 Å². The van der Waals surface area contributed by atoms with Gasteiger partial charge in [0.15, 0.2) is 11.6 Å². The fourth-order valence-corrected chi connectivity index (χ4v) is 2.49. The first-order valence-electron chi connectivity index (χ1n) is 5.51. The second-order valence-electron chi connectivity index (χ2n) is 3.46. The third kappa shape index (κ3) is 2.73. The molecule has 0 atom stereocenters. The van der Waals surface area contributed by atoms with Gasteiger partial charge in [0, 0.05) is 13.1 Å². The lowest BCUT2D eigenvalue weighted by Crippen LogP contribution is -1.96. The van der Waals surface area contributed by atoms with Gasteiger partial charge in [-0.2, -0.15) is 10.2 Å². The molecule has 0 bridgehead atoms. The Hall–Kier alpha value is -0.520. The molecule has 8 heteroatoms. The van der Waals surface area contributed by atoms with Crippen LogP contribution >= 0.6 is 45.2 Å². The van der Waals surface area contributed by atoms with Crippen LogP contribution in [0.25, 0.3) is 0 Å². The lowest BCUT2D eigenvalue weighted by atomic mass is 10.6. The van der Waals surface area contributed by atoms with Gasteiger partial charge < -0.3 is 0 Å². The standard InChI is InChI=1S/C10H12I2N6/c1-3-17-9(7(11)5-13-17)15-16-10-8(12)6-14-18(10)4-2/h5-6H,3-4H2,1-2H3/b16-15+. The van der Waals surface area contributed by atoms with E-state index in [1.54, 1.807) is 12.4 Å². The van der Waals surface area contributed by atoms with E-state index in [-0.39, 0.29) is 0 Å². The number of halogens is 2. The molecule has 6 nitrogen and oxygen atoms in total. The molecule has 2 heterocycles. The summed E-state index contributed by atoms with van der Waals surface area (Å²) in [7, 11) is 0. The van der Waals surface area contributed by atoms with Crippen LogP contribution in [0.15, 0.2) is 22.6 Å². The summed E-state index contributed by atoms with van der Waals surface area (Å²) in [4.78, 5) is 0. The quantitative estimate of drug-likeness (QED) is 0.505. The fraction of sp³-hybridized carbons (Fsp3) is 0.400. The summed E-state index contributed by atoms with van der Waals surface area (Å²) in [6.45, 7) is 5.62. The van der Waals surface area contributed by atoms with E-state index in [1.807, 2.05) is 23.2 Å². The van der Waals surface area contributed by atoms with E-state index in [4.69, 9.17) is 0 Å². The van der Waals surface area contributed by atoms with Crippen molar-refractivity contribution in [2.45, 2.75) is 26.9 Å². The molecule has 2 aromatic heterocycles. The molecule has 0 N–H and O–H groups in total. The molecular formula is C10H12I2N6. The smallest absolute Gasteiger partial charge is 0.186 e. The minimum atomic E-state index is 0.779. The first-order valence-corrected chi connectivity index (χ1v) is 7.67. The monoisotopic (exact) mass is 470 g/mol. The van der Waals surface area contributed by atoms with E-state index in [2.05, 4.69) is 65.6 Å². The molecular weight excluding hydrogens is 458 g/mol. The topological polar surface area (TPSA) is 60.4 Å². The average molecular weight is 470 g/mol. The van der Waals surface area contributed by atoms with Gasteiger partial charge in [0.2, 0.25) is 0 Å². The first-order chi connectivity index (χ1) is 8.67. The average Bonchev–Trinajstić information content (AvgIpc) is 2.90. The molecule has 0 aliphatic carbocycles. The molecule has 0 fully saturated rings. The Balaban J connectivity index is 2.35. The molecule has 0 unspecified atom stereocenters. The number of aryl methyl sites for hydroxylation is 2. The third-order valence-corrected chi connectivity index (χ3v) is 3.90. The Morgan fingerprint density at radius 1 is 0.944 bits per heavy atom. The highest BCUT2D eigenvalue weighted by Crippen LogP contribution is 2.26. The van der Waals surface area contributed by atoms with Gasteiger partial charge in [-0.25, -0.2) is 9.36 Å². The molecule has 2 rings (SSSR count). The summed E-state index contributed by atoms with van der Waals surface area (Å²) < 4.78 is 5.64. The molecule has 0 aliphatic heterocycles. The van der Waals surface area contributed by atoms with Crippen molar-refractivity contribution in [2.75, 3.05) is 0 Å². The highest BCUT2D eigenvalue weighted by atomic mass is 127. The Kier molecular flexibility index (Phi) is 4.70. The van der Waals surface area contributed by atoms with E-state index >= 15 is 0 Å². The second-order valence-corrected chi connectivity index (χ2v) is 5.79. The maximum atomic E-state index is 4.30. The SMILES string of the molecule is CCn1ncc(I)c1/N=N/c1c(I)cnn1CC. The van der Waals surface area contributed by atoms with Crippen LogP contribution in [0, 0.1) is 7.14 Å². The maximum absolute atomic E-state index is 4.30. The van der Waals surface area contributed by atoms with Crippen LogP contribution in [0.3, 0.4) is 0 Å². The van der Waals surface area contributed by atoms with Crippen molar-refractivity contribution in [3.05, 3.63) is 19.5 Å². The van der Waals surface area contributed by atoms with Gasteiger partial charge in [0.05, 0.1) is 19.5 Å². The highest BCUT2D eigenvalue weighted by Gasteiger charge is 2.09. The van der Waals surface area contributed by atoms with Crippen LogP contribution in [0.2, 0.25) is 0 Å². The van der Waals surface area contributed by atoms with Crippen molar-refractivity contribution in [1.82, 2.24) is 19.6 Å². The van der Waals surface area contributed by atoms with Crippen LogP contribution in [0.4, 0.5) is 11.6 Å². The zero-order valence-corrected chi connectivity index (χ0v) is 14.3. The zero-order chi connectivity index (χ0) is 13.1. The van der Waals surface area contributed by atoms with Gasteiger partial charge in [-0.15, -0.1) is 10.2 Å². The van der Waals surface area contributed by atoms with Crippen molar-refractivity contribution in [1.29, 1.82) is 0 Å². The molecule has 0 saturated heterocycles. The van der Waals surface area contributed by atoms with E-state index in [0.29, 0.717) is 0 Å². The van der Waals surface area contributed by atoms with Gasteiger partial charge in [0.1, 0.15) is 0 Å². The normalized spacial score (nSPS) is 11.6. The summed E-state index contributed by atoms with van der Waals surface area (Å²) >= 11 is 4.42. The van der Waals surface area contributed by atoms with E-state index in [9.17, 15) is 0 Å². The van der Waals surface area contributed by atoms with Crippen LogP contribution in [0.5, 0.6) is 0 Å². The Morgan fingerprint density at radius 3 is 1.67 bits per heavy atom. The van der Waals surface area contributed by atoms with Crippen LogP contribution in [0.1, 0.15) is 13.8 Å². The van der Waals surface area contributed by atoms with Gasteiger partial charge >= 0.3 is 0 Å². The predicted molar refractivity (Wildman–Crippen MR) is 85.4 cm³/mol. The third-order valence-electron chi connectivity index (χ3n) is 2.38. The van der Waals surface area contributed by atoms with Crippen molar-refractivity contribution in [3.8, 4) is 0 Å². The summed E-state index contributed by atoms with van der Waals surface area (Å²) in [6, 6.07) is 0. The number of hydrogen-bond donors (Lipinski definition) is 0. The number of azo groups is 1. The first kappa shape index (κ1) is 13.9. The fourth-order valence-electron chi connectivity index (χ4n) is 1.47. The number of nitrogens with zero attached hydrogens (tertiary/aromatic N) is 6. The Labute approximate surface area is 132 Å². The van der Waals surface area contributed by atoms with Crippen molar-refractivity contribution in [2.24, 2.45) is 10.2 Å². The van der Waals surface area contributed by atoms with Crippen LogP contribution in [-0.2, 0) is 13.1 Å². The summed E-state index contributed by atoms with van der Waals surface area (Å²) in [5, 5.41) is 17.1. The largest absolute Gasteiger partial charge is 0.246 e. The van der Waals surface area contributed by atoms with Crippen LogP contribution < -0.4 is 0 Å². The van der Waals surface area contributed by atoms with Crippen molar-refractivity contribution >= 4 is 56.8 Å². The van der Waals surface area contributed by atoms with Crippen molar-refractivity contribution in [3.63, 3.8) is 0 Å². The van der Waals surface area contributed by atoms with E-state index in [1.165, 1.54) is 0 Å². The van der Waals surface area contributed by atoms with E-state index in [0.717, 1.165) is 31.9 Å². The molecule has 0 aromatic carbocycles. The number of hydrogen-bond acceptors (Lipinski definition) is 4. The second kappa shape index (κ2) is 6.08.